The van der Waals surface area contributed by atoms with Crippen LogP contribution in [-0.2, 0) is 20.7 Å². The highest BCUT2D eigenvalue weighted by molar-refractivity contribution is 7.99. The number of carbonyl (C=O) groups excluding carboxylic acids is 1. The number of aryl methyl sites for hydroxylation is 1. The highest BCUT2D eigenvalue weighted by Crippen LogP contribution is 2.48. The number of methoxy groups -OCH3 is 1. The van der Waals surface area contributed by atoms with E-state index in [9.17, 15) is 14.4 Å². The summed E-state index contributed by atoms with van der Waals surface area (Å²) in [7, 11) is 1.32. The van der Waals surface area contributed by atoms with Crippen molar-refractivity contribution >= 4 is 23.7 Å². The number of pyridine rings is 1. The average Bonchev–Trinajstić information content (AvgIpc) is 3.21. The molecule has 0 radical (unpaired) electrons. The summed E-state index contributed by atoms with van der Waals surface area (Å²) < 4.78 is 6.30. The molecule has 0 bridgehead atoms. The molecule has 1 aliphatic carbocycles. The van der Waals surface area contributed by atoms with Crippen LogP contribution in [0.4, 0.5) is 0 Å². The summed E-state index contributed by atoms with van der Waals surface area (Å²) in [5.74, 6) is -0.408. The number of hydrogen-bond donors (Lipinski definition) is 1. The normalized spacial score (nSPS) is 19.8. The molecule has 1 aromatic rings. The second kappa shape index (κ2) is 5.79. The van der Waals surface area contributed by atoms with Gasteiger partial charge in [-0.15, -0.1) is 11.8 Å². The number of carboxylic acids is 1. The van der Waals surface area contributed by atoms with E-state index in [4.69, 9.17) is 9.84 Å². The third-order valence-corrected chi connectivity index (χ3v) is 5.26. The molecule has 1 N–H and O–H groups in total. The number of aromatic nitrogens is 1. The third-order valence-electron chi connectivity index (χ3n) is 4.09. The Morgan fingerprint density at radius 2 is 2.18 bits per heavy atom. The first kappa shape index (κ1) is 15.1. The minimum absolute atomic E-state index is 0.00765. The van der Waals surface area contributed by atoms with Crippen molar-refractivity contribution in [2.24, 2.45) is 0 Å². The maximum absolute atomic E-state index is 12.4. The van der Waals surface area contributed by atoms with Crippen molar-refractivity contribution in [3.8, 4) is 0 Å². The Morgan fingerprint density at radius 3 is 2.77 bits per heavy atom. The molecule has 0 saturated heterocycles. The summed E-state index contributed by atoms with van der Waals surface area (Å²) in [6.07, 6.45) is 2.46. The first-order valence-corrected chi connectivity index (χ1v) is 8.22. The number of thioether (sulfide) groups is 1. The molecule has 118 valence electrons. The zero-order valence-corrected chi connectivity index (χ0v) is 13.0. The standard InChI is InChI=1S/C15H17NO5S/c1-21-15(20)10-7-22-14-13(8-2-3-8)9(4-5-12(18)19)6-11(17)16(10)14/h6,8,10H,2-5,7H2,1H3,(H,18,19)/t10-/m0/s1. The second-order valence-corrected chi connectivity index (χ2v) is 6.62. The molecule has 1 saturated carbocycles. The Hall–Kier alpha value is -1.76. The molecule has 3 rings (SSSR count). The fourth-order valence-corrected chi connectivity index (χ4v) is 4.32. The fraction of sp³-hybridized carbons (Fsp3) is 0.533. The molecule has 1 aromatic heterocycles. The Labute approximate surface area is 131 Å². The Kier molecular flexibility index (Phi) is 3.99. The van der Waals surface area contributed by atoms with Gasteiger partial charge in [0, 0.05) is 18.2 Å². The van der Waals surface area contributed by atoms with Gasteiger partial charge in [-0.2, -0.15) is 0 Å². The predicted octanol–water partition coefficient (Wildman–Crippen LogP) is 1.56. The Bertz CT molecular complexity index is 692. The van der Waals surface area contributed by atoms with Gasteiger partial charge in [-0.05, 0) is 36.3 Å². The van der Waals surface area contributed by atoms with E-state index in [0.717, 1.165) is 29.0 Å². The van der Waals surface area contributed by atoms with Crippen LogP contribution in [0.3, 0.4) is 0 Å². The minimum Gasteiger partial charge on any atom is -0.481 e. The molecular formula is C15H17NO5S. The van der Waals surface area contributed by atoms with Gasteiger partial charge in [-0.1, -0.05) is 0 Å². The van der Waals surface area contributed by atoms with E-state index in [1.54, 1.807) is 0 Å². The second-order valence-electron chi connectivity index (χ2n) is 5.61. The van der Waals surface area contributed by atoms with E-state index >= 15 is 0 Å². The molecule has 6 nitrogen and oxygen atoms in total. The highest BCUT2D eigenvalue weighted by atomic mass is 32.2. The smallest absolute Gasteiger partial charge is 0.329 e. The van der Waals surface area contributed by atoms with Gasteiger partial charge in [0.05, 0.1) is 12.1 Å². The van der Waals surface area contributed by atoms with Gasteiger partial charge in [0.25, 0.3) is 5.56 Å². The van der Waals surface area contributed by atoms with Crippen LogP contribution in [0.15, 0.2) is 15.9 Å². The molecule has 0 aromatic carbocycles. The van der Waals surface area contributed by atoms with Gasteiger partial charge in [0.1, 0.15) is 6.04 Å². The van der Waals surface area contributed by atoms with E-state index < -0.39 is 18.0 Å². The van der Waals surface area contributed by atoms with Gasteiger partial charge >= 0.3 is 11.9 Å². The van der Waals surface area contributed by atoms with Crippen molar-refractivity contribution in [1.82, 2.24) is 4.57 Å². The number of carbonyl (C=O) groups is 2. The van der Waals surface area contributed by atoms with Crippen molar-refractivity contribution in [3.63, 3.8) is 0 Å². The number of fused-ring (bicyclic) bond motifs is 1. The molecule has 0 spiro atoms. The molecule has 2 heterocycles. The van der Waals surface area contributed by atoms with Crippen LogP contribution in [0, 0.1) is 0 Å². The topological polar surface area (TPSA) is 85.6 Å². The van der Waals surface area contributed by atoms with Crippen molar-refractivity contribution in [2.75, 3.05) is 12.9 Å². The zero-order chi connectivity index (χ0) is 15.9. The largest absolute Gasteiger partial charge is 0.481 e. The number of rotatable bonds is 5. The van der Waals surface area contributed by atoms with Crippen molar-refractivity contribution in [2.45, 2.75) is 42.7 Å². The lowest BCUT2D eigenvalue weighted by atomic mass is 10.0. The quantitative estimate of drug-likeness (QED) is 0.828. The fourth-order valence-electron chi connectivity index (χ4n) is 2.91. The monoisotopic (exact) mass is 323 g/mol. The van der Waals surface area contributed by atoms with Gasteiger partial charge in [0.15, 0.2) is 0 Å². The molecular weight excluding hydrogens is 306 g/mol. The van der Waals surface area contributed by atoms with E-state index in [0.29, 0.717) is 18.1 Å². The van der Waals surface area contributed by atoms with E-state index in [1.165, 1.54) is 29.5 Å². The van der Waals surface area contributed by atoms with Crippen LogP contribution in [0.1, 0.15) is 42.3 Å². The number of aliphatic carboxylic acids is 1. The molecule has 22 heavy (non-hydrogen) atoms. The van der Waals surface area contributed by atoms with E-state index in [-0.39, 0.29) is 12.0 Å². The summed E-state index contributed by atoms with van der Waals surface area (Å²) >= 11 is 1.49. The first-order chi connectivity index (χ1) is 10.5. The minimum atomic E-state index is -0.873. The number of carboxylic acid groups (broad SMARTS) is 1. The Balaban J connectivity index is 2.06. The summed E-state index contributed by atoms with van der Waals surface area (Å²) in [5, 5.41) is 9.70. The van der Waals surface area contributed by atoms with Crippen molar-refractivity contribution in [1.29, 1.82) is 0 Å². The van der Waals surface area contributed by atoms with Gasteiger partial charge in [-0.3, -0.25) is 14.2 Å². The maximum Gasteiger partial charge on any atom is 0.329 e. The van der Waals surface area contributed by atoms with E-state index in [2.05, 4.69) is 0 Å². The number of nitrogens with zero attached hydrogens (tertiary/aromatic N) is 1. The highest BCUT2D eigenvalue weighted by Gasteiger charge is 2.37. The lowest BCUT2D eigenvalue weighted by molar-refractivity contribution is -0.144. The summed E-state index contributed by atoms with van der Waals surface area (Å²) in [6.45, 7) is 0. The molecule has 2 aliphatic rings. The molecule has 0 unspecified atom stereocenters. The van der Waals surface area contributed by atoms with Crippen LogP contribution in [0.5, 0.6) is 0 Å². The third kappa shape index (κ3) is 2.65. The van der Waals surface area contributed by atoms with Crippen LogP contribution in [0.2, 0.25) is 0 Å². The lowest BCUT2D eigenvalue weighted by Crippen LogP contribution is -2.30. The lowest BCUT2D eigenvalue weighted by Gasteiger charge is -2.16. The molecule has 1 atom stereocenters. The van der Waals surface area contributed by atoms with Crippen LogP contribution < -0.4 is 5.56 Å². The maximum atomic E-state index is 12.4. The van der Waals surface area contributed by atoms with Crippen LogP contribution in [0.25, 0.3) is 0 Å². The van der Waals surface area contributed by atoms with Crippen molar-refractivity contribution in [3.05, 3.63) is 27.5 Å². The van der Waals surface area contributed by atoms with Crippen LogP contribution >= 0.6 is 11.8 Å². The summed E-state index contributed by atoms with van der Waals surface area (Å²) in [5.41, 5.74) is 1.64. The van der Waals surface area contributed by atoms with E-state index in [1.807, 2.05) is 0 Å². The molecule has 0 amide bonds. The zero-order valence-electron chi connectivity index (χ0n) is 12.2. The van der Waals surface area contributed by atoms with Gasteiger partial charge in [-0.25, -0.2) is 4.79 Å². The van der Waals surface area contributed by atoms with Crippen molar-refractivity contribution < 1.29 is 19.4 Å². The first-order valence-electron chi connectivity index (χ1n) is 7.23. The number of hydrogen-bond acceptors (Lipinski definition) is 5. The molecule has 1 fully saturated rings. The Morgan fingerprint density at radius 1 is 1.45 bits per heavy atom. The van der Waals surface area contributed by atoms with Gasteiger partial charge in [0.2, 0.25) is 0 Å². The molecule has 1 aliphatic heterocycles. The predicted molar refractivity (Wildman–Crippen MR) is 80.4 cm³/mol. The molecule has 7 heteroatoms. The van der Waals surface area contributed by atoms with Crippen LogP contribution in [-0.4, -0.2) is 34.5 Å². The summed E-state index contributed by atoms with van der Waals surface area (Å²) in [6, 6.07) is 0.922. The average molecular weight is 323 g/mol. The SMILES string of the molecule is COC(=O)[C@@H]1CSc2c(C3CC3)c(CCC(=O)O)cc(=O)n21. The summed E-state index contributed by atoms with van der Waals surface area (Å²) in [4.78, 5) is 35.1. The number of ether oxygens (including phenoxy) is 1. The van der Waals surface area contributed by atoms with Gasteiger partial charge < -0.3 is 9.84 Å². The number of esters is 1.